The van der Waals surface area contributed by atoms with E-state index in [1.807, 2.05) is 48.0 Å². The van der Waals surface area contributed by atoms with E-state index in [2.05, 4.69) is 33.7 Å². The molecule has 2 saturated carbocycles. The van der Waals surface area contributed by atoms with Gasteiger partial charge in [0, 0.05) is 42.9 Å². The minimum absolute atomic E-state index is 0.0563. The lowest BCUT2D eigenvalue weighted by molar-refractivity contribution is -0.0314. The number of aromatic nitrogens is 4. The number of rotatable bonds is 8. The molecule has 2 N–H and O–H groups in total. The van der Waals surface area contributed by atoms with Crippen LogP contribution in [0.4, 0.5) is 5.82 Å². The number of anilines is 1. The topological polar surface area (TPSA) is 120 Å². The van der Waals surface area contributed by atoms with E-state index in [1.54, 1.807) is 11.2 Å². The Balaban J connectivity index is 1.21. The summed E-state index contributed by atoms with van der Waals surface area (Å²) in [5, 5.41) is 31.7. The van der Waals surface area contributed by atoms with Crippen molar-refractivity contribution in [2.45, 2.75) is 56.7 Å². The fourth-order valence-corrected chi connectivity index (χ4v) is 5.84. The van der Waals surface area contributed by atoms with E-state index < -0.39 is 5.60 Å². The Labute approximate surface area is 238 Å². The summed E-state index contributed by atoms with van der Waals surface area (Å²) >= 11 is 0. The number of carbonyl (C=O) groups is 1. The molecule has 0 bridgehead atoms. The van der Waals surface area contributed by atoms with Gasteiger partial charge in [-0.3, -0.25) is 9.69 Å². The summed E-state index contributed by atoms with van der Waals surface area (Å²) in [6, 6.07) is 17.9. The minimum atomic E-state index is -0.582. The van der Waals surface area contributed by atoms with Crippen LogP contribution in [-0.2, 0) is 20.1 Å². The smallest absolute Gasteiger partial charge is 0.260 e. The number of amides is 1. The molecule has 2 aromatic carbocycles. The molecule has 41 heavy (non-hydrogen) atoms. The summed E-state index contributed by atoms with van der Waals surface area (Å²) in [7, 11) is 1.88. The Morgan fingerprint density at radius 2 is 1.95 bits per heavy atom. The monoisotopic (exact) mass is 545 g/mol. The molecule has 0 saturated heterocycles. The van der Waals surface area contributed by atoms with E-state index >= 15 is 0 Å². The second-order valence-electron chi connectivity index (χ2n) is 11.6. The lowest BCUT2D eigenvalue weighted by Gasteiger charge is -2.36. The third-order valence-corrected chi connectivity index (χ3v) is 8.56. The zero-order chi connectivity index (χ0) is 28.1. The Hall–Kier alpha value is -4.39. The average Bonchev–Trinajstić information content (AvgIpc) is 3.66. The predicted octanol–water partition coefficient (Wildman–Crippen LogP) is 4.46. The number of carbonyl (C=O) groups excluding carboxylic acids is 1. The Morgan fingerprint density at radius 1 is 1.10 bits per heavy atom. The van der Waals surface area contributed by atoms with Crippen molar-refractivity contribution in [3.8, 4) is 28.6 Å². The third-order valence-electron chi connectivity index (χ3n) is 8.56. The largest absolute Gasteiger partial charge is 0.389 e. The van der Waals surface area contributed by atoms with Crippen LogP contribution in [-0.4, -0.2) is 42.9 Å². The van der Waals surface area contributed by atoms with Gasteiger partial charge in [-0.25, -0.2) is 4.98 Å². The van der Waals surface area contributed by atoms with E-state index in [-0.39, 0.29) is 5.91 Å². The van der Waals surface area contributed by atoms with Crippen molar-refractivity contribution in [1.29, 1.82) is 5.26 Å². The highest BCUT2D eigenvalue weighted by Gasteiger charge is 2.34. The van der Waals surface area contributed by atoms with Crippen LogP contribution < -0.4 is 10.2 Å². The summed E-state index contributed by atoms with van der Waals surface area (Å²) < 4.78 is 1.84. The number of hydrogen-bond acceptors (Lipinski definition) is 7. The van der Waals surface area contributed by atoms with Gasteiger partial charge in [0.15, 0.2) is 5.82 Å². The number of fused-ring (bicyclic) bond motifs is 1. The predicted molar refractivity (Wildman–Crippen MR) is 154 cm³/mol. The molecule has 7 rings (SSSR count). The first-order chi connectivity index (χ1) is 19.9. The lowest BCUT2D eigenvalue weighted by atomic mass is 9.80. The SMILES string of the molecule is Cn1cnnc1-c1cc(C#N)ccc1-c1cc(C2CC2)nc(N2Cc3ccc(CNCC4(O)CCC4)cc3C2=O)c1. The number of hydrogen-bond donors (Lipinski definition) is 2. The summed E-state index contributed by atoms with van der Waals surface area (Å²) in [5.41, 5.74) is 6.30. The van der Waals surface area contributed by atoms with Crippen molar-refractivity contribution in [2.75, 3.05) is 11.4 Å². The summed E-state index contributed by atoms with van der Waals surface area (Å²) in [6.45, 7) is 1.63. The molecule has 1 amide bonds. The maximum atomic E-state index is 13.7. The normalized spacial score (nSPS) is 17.3. The third kappa shape index (κ3) is 4.79. The van der Waals surface area contributed by atoms with Crippen LogP contribution in [0, 0.1) is 11.3 Å². The Kier molecular flexibility index (Phi) is 6.18. The first-order valence-electron chi connectivity index (χ1n) is 14.2. The van der Waals surface area contributed by atoms with Crippen LogP contribution in [0.15, 0.2) is 54.9 Å². The molecule has 2 aromatic heterocycles. The van der Waals surface area contributed by atoms with Crippen molar-refractivity contribution >= 4 is 11.7 Å². The van der Waals surface area contributed by atoms with Crippen LogP contribution in [0.2, 0.25) is 0 Å². The van der Waals surface area contributed by atoms with Crippen molar-refractivity contribution in [2.24, 2.45) is 7.05 Å². The molecule has 0 atom stereocenters. The molecule has 3 heterocycles. The number of pyridine rings is 1. The van der Waals surface area contributed by atoms with E-state index in [0.717, 1.165) is 65.6 Å². The van der Waals surface area contributed by atoms with E-state index in [4.69, 9.17) is 4.98 Å². The second kappa shape index (κ2) is 9.91. The van der Waals surface area contributed by atoms with Gasteiger partial charge in [0.05, 0.1) is 23.8 Å². The van der Waals surface area contributed by atoms with Crippen molar-refractivity contribution in [3.05, 3.63) is 82.8 Å². The Morgan fingerprint density at radius 3 is 2.66 bits per heavy atom. The maximum absolute atomic E-state index is 13.7. The number of aryl methyl sites for hydroxylation is 1. The molecular formula is C32H31N7O2. The number of aliphatic hydroxyl groups is 1. The fraction of sp³-hybridized carbons (Fsp3) is 0.344. The molecule has 9 nitrogen and oxygen atoms in total. The first-order valence-corrected chi connectivity index (χ1v) is 14.2. The van der Waals surface area contributed by atoms with E-state index in [0.29, 0.717) is 48.3 Å². The van der Waals surface area contributed by atoms with Gasteiger partial charge >= 0.3 is 0 Å². The lowest BCUT2D eigenvalue weighted by Crippen LogP contribution is -2.45. The van der Waals surface area contributed by atoms with Crippen LogP contribution in [0.3, 0.4) is 0 Å². The molecule has 9 heteroatoms. The number of nitriles is 1. The van der Waals surface area contributed by atoms with Crippen LogP contribution in [0.5, 0.6) is 0 Å². The number of nitrogens with one attached hydrogen (secondary N) is 1. The number of benzene rings is 2. The van der Waals surface area contributed by atoms with Gasteiger partial charge in [-0.1, -0.05) is 18.2 Å². The van der Waals surface area contributed by atoms with Gasteiger partial charge in [-0.05, 0) is 84.7 Å². The minimum Gasteiger partial charge on any atom is -0.389 e. The van der Waals surface area contributed by atoms with Crippen LogP contribution in [0.25, 0.3) is 22.5 Å². The molecule has 2 aliphatic carbocycles. The number of nitrogens with zero attached hydrogens (tertiary/aromatic N) is 6. The van der Waals surface area contributed by atoms with Gasteiger partial charge in [0.1, 0.15) is 12.1 Å². The molecule has 1 aliphatic heterocycles. The highest BCUT2D eigenvalue weighted by atomic mass is 16.3. The van der Waals surface area contributed by atoms with Crippen LogP contribution >= 0.6 is 0 Å². The zero-order valence-electron chi connectivity index (χ0n) is 23.0. The fourth-order valence-electron chi connectivity index (χ4n) is 5.84. The summed E-state index contributed by atoms with van der Waals surface area (Å²) in [4.78, 5) is 20.5. The molecule has 0 radical (unpaired) electrons. The average molecular weight is 546 g/mol. The zero-order valence-corrected chi connectivity index (χ0v) is 23.0. The quantitative estimate of drug-likeness (QED) is 0.335. The van der Waals surface area contributed by atoms with Crippen molar-refractivity contribution in [1.82, 2.24) is 25.1 Å². The molecule has 2 fully saturated rings. The van der Waals surface area contributed by atoms with Crippen molar-refractivity contribution < 1.29 is 9.90 Å². The molecule has 3 aliphatic rings. The highest BCUT2D eigenvalue weighted by molar-refractivity contribution is 6.10. The molecule has 206 valence electrons. The summed E-state index contributed by atoms with van der Waals surface area (Å²) in [5.74, 6) is 1.62. The summed E-state index contributed by atoms with van der Waals surface area (Å²) in [6.07, 6.45) is 6.57. The highest BCUT2D eigenvalue weighted by Crippen LogP contribution is 2.43. The van der Waals surface area contributed by atoms with Crippen LogP contribution in [0.1, 0.15) is 70.8 Å². The van der Waals surface area contributed by atoms with E-state index in [1.165, 1.54) is 0 Å². The van der Waals surface area contributed by atoms with Gasteiger partial charge in [-0.15, -0.1) is 10.2 Å². The van der Waals surface area contributed by atoms with Gasteiger partial charge in [-0.2, -0.15) is 5.26 Å². The maximum Gasteiger partial charge on any atom is 0.260 e. The van der Waals surface area contributed by atoms with Gasteiger partial charge < -0.3 is 15.0 Å². The van der Waals surface area contributed by atoms with Gasteiger partial charge in [0.2, 0.25) is 0 Å². The second-order valence-corrected chi connectivity index (χ2v) is 11.6. The molecule has 0 unspecified atom stereocenters. The first kappa shape index (κ1) is 25.6. The standard InChI is InChI=1S/C32H31N7O2/c1-38-19-35-37-30(38)27-11-20(15-33)4-8-25(27)24-13-28(22-6-7-22)36-29(14-24)39-17-23-5-3-21(12-26(23)31(39)40)16-34-18-32(41)9-2-10-32/h3-5,8,11-14,19,22,34,41H,2,6-7,9-10,16-18H2,1H3. The van der Waals surface area contributed by atoms with Crippen molar-refractivity contribution in [3.63, 3.8) is 0 Å². The molecule has 0 spiro atoms. The Bertz CT molecular complexity index is 1710. The molecule has 4 aromatic rings. The van der Waals surface area contributed by atoms with Gasteiger partial charge in [0.25, 0.3) is 5.91 Å². The molecular weight excluding hydrogens is 514 g/mol. The van der Waals surface area contributed by atoms with E-state index in [9.17, 15) is 15.2 Å².